The molecule has 0 aromatic carbocycles. The summed E-state index contributed by atoms with van der Waals surface area (Å²) in [6, 6.07) is 0. The van der Waals surface area contributed by atoms with E-state index in [0.717, 1.165) is 11.8 Å². The zero-order valence-corrected chi connectivity index (χ0v) is 10.7. The van der Waals surface area contributed by atoms with E-state index in [0.29, 0.717) is 4.83 Å². The van der Waals surface area contributed by atoms with E-state index >= 15 is 0 Å². The molecular weight excluding hydrogens is 226 g/mol. The summed E-state index contributed by atoms with van der Waals surface area (Å²) in [7, 11) is 0. The third-order valence-electron chi connectivity index (χ3n) is 2.91. The normalized spacial score (nSPS) is 23.8. The smallest absolute Gasteiger partial charge is 0.0146 e. The molecule has 1 unspecified atom stereocenters. The molecule has 0 bridgehead atoms. The van der Waals surface area contributed by atoms with Crippen LogP contribution in [0.1, 0.15) is 33.6 Å². The van der Waals surface area contributed by atoms with Crippen molar-refractivity contribution in [1.29, 1.82) is 0 Å². The molecule has 1 atom stereocenters. The first-order chi connectivity index (χ1) is 6.09. The number of rotatable bonds is 3. The van der Waals surface area contributed by atoms with Crippen molar-refractivity contribution >= 4 is 15.9 Å². The summed E-state index contributed by atoms with van der Waals surface area (Å²) in [4.78, 5) is 3.31. The third kappa shape index (κ3) is 3.99. The quantitative estimate of drug-likeness (QED) is 0.693. The molecule has 0 aliphatic carbocycles. The molecule has 1 nitrogen and oxygen atoms in total. The van der Waals surface area contributed by atoms with E-state index in [-0.39, 0.29) is 0 Å². The highest BCUT2D eigenvalue weighted by Gasteiger charge is 2.22. The van der Waals surface area contributed by atoms with Gasteiger partial charge in [-0.3, -0.25) is 0 Å². The molecule has 0 aromatic rings. The largest absolute Gasteiger partial charge is 0.303 e. The number of hydrogen-bond acceptors (Lipinski definition) is 1. The molecule has 1 aliphatic heterocycles. The van der Waals surface area contributed by atoms with Gasteiger partial charge in [0.2, 0.25) is 0 Å². The van der Waals surface area contributed by atoms with Crippen molar-refractivity contribution in [3.63, 3.8) is 0 Å². The Morgan fingerprint density at radius 3 is 2.15 bits per heavy atom. The van der Waals surface area contributed by atoms with Gasteiger partial charge in [-0.25, -0.2) is 0 Å². The predicted octanol–water partition coefficient (Wildman–Crippen LogP) is 3.14. The maximum atomic E-state index is 3.69. The number of piperidine rings is 1. The molecule has 1 aliphatic rings. The Morgan fingerprint density at radius 2 is 1.77 bits per heavy atom. The number of alkyl halides is 1. The van der Waals surface area contributed by atoms with Gasteiger partial charge in [-0.2, -0.15) is 0 Å². The van der Waals surface area contributed by atoms with E-state index < -0.39 is 0 Å². The minimum atomic E-state index is 0.702. The van der Waals surface area contributed by atoms with Gasteiger partial charge in [0.15, 0.2) is 0 Å². The van der Waals surface area contributed by atoms with Crippen LogP contribution in [-0.2, 0) is 0 Å². The average Bonchev–Trinajstić information content (AvgIpc) is 2.04. The second-order valence-electron chi connectivity index (χ2n) is 4.71. The first kappa shape index (κ1) is 11.5. The summed E-state index contributed by atoms with van der Waals surface area (Å²) in [5.74, 6) is 1.72. The van der Waals surface area contributed by atoms with Crippen LogP contribution in [-0.4, -0.2) is 29.4 Å². The van der Waals surface area contributed by atoms with Gasteiger partial charge in [-0.15, -0.1) is 0 Å². The molecule has 0 saturated carbocycles. The summed E-state index contributed by atoms with van der Waals surface area (Å²) in [5, 5.41) is 0. The molecular formula is C11H22BrN. The Morgan fingerprint density at radius 1 is 1.23 bits per heavy atom. The van der Waals surface area contributed by atoms with Crippen molar-refractivity contribution in [2.45, 2.75) is 38.4 Å². The number of halogens is 1. The summed E-state index contributed by atoms with van der Waals surface area (Å²) in [6.07, 6.45) is 2.75. The molecule has 2 heteroatoms. The zero-order chi connectivity index (χ0) is 9.84. The first-order valence-corrected chi connectivity index (χ1v) is 6.37. The van der Waals surface area contributed by atoms with Crippen molar-refractivity contribution < 1.29 is 0 Å². The highest BCUT2D eigenvalue weighted by molar-refractivity contribution is 9.09. The third-order valence-corrected chi connectivity index (χ3v) is 3.65. The molecule has 0 aromatic heterocycles. The van der Waals surface area contributed by atoms with E-state index in [1.165, 1.54) is 32.5 Å². The van der Waals surface area contributed by atoms with Crippen LogP contribution in [0.5, 0.6) is 0 Å². The lowest BCUT2D eigenvalue weighted by Gasteiger charge is -2.34. The molecule has 13 heavy (non-hydrogen) atoms. The minimum Gasteiger partial charge on any atom is -0.303 e. The lowest BCUT2D eigenvalue weighted by atomic mass is 9.94. The number of nitrogens with zero attached hydrogens (tertiary/aromatic N) is 1. The van der Waals surface area contributed by atoms with Gasteiger partial charge in [0.25, 0.3) is 0 Å². The van der Waals surface area contributed by atoms with Gasteiger partial charge in [0.1, 0.15) is 0 Å². The molecule has 0 spiro atoms. The zero-order valence-electron chi connectivity index (χ0n) is 9.09. The second-order valence-corrected chi connectivity index (χ2v) is 6.15. The van der Waals surface area contributed by atoms with E-state index in [9.17, 15) is 0 Å². The van der Waals surface area contributed by atoms with Crippen LogP contribution >= 0.6 is 15.9 Å². The van der Waals surface area contributed by atoms with Gasteiger partial charge < -0.3 is 4.90 Å². The van der Waals surface area contributed by atoms with Crippen LogP contribution in [0, 0.1) is 11.8 Å². The summed E-state index contributed by atoms with van der Waals surface area (Å²) < 4.78 is 0. The fraction of sp³-hybridized carbons (Fsp3) is 1.00. The van der Waals surface area contributed by atoms with Gasteiger partial charge in [0.05, 0.1) is 0 Å². The van der Waals surface area contributed by atoms with E-state index in [1.807, 2.05) is 0 Å². The second kappa shape index (κ2) is 5.35. The fourth-order valence-corrected chi connectivity index (χ4v) is 2.64. The molecule has 1 heterocycles. The van der Waals surface area contributed by atoms with Crippen molar-refractivity contribution in [1.82, 2.24) is 4.90 Å². The van der Waals surface area contributed by atoms with E-state index in [2.05, 4.69) is 41.6 Å². The van der Waals surface area contributed by atoms with E-state index in [4.69, 9.17) is 0 Å². The average molecular weight is 248 g/mol. The molecule has 1 rings (SSSR count). The van der Waals surface area contributed by atoms with Crippen LogP contribution in [0.4, 0.5) is 0 Å². The van der Waals surface area contributed by atoms with Crippen LogP contribution in [0.3, 0.4) is 0 Å². The van der Waals surface area contributed by atoms with Gasteiger partial charge in [-0.1, -0.05) is 36.7 Å². The monoisotopic (exact) mass is 247 g/mol. The minimum absolute atomic E-state index is 0.702. The van der Waals surface area contributed by atoms with Gasteiger partial charge in [-0.05, 0) is 37.8 Å². The topological polar surface area (TPSA) is 3.24 Å². The summed E-state index contributed by atoms with van der Waals surface area (Å²) >= 11 is 3.69. The van der Waals surface area contributed by atoms with Crippen LogP contribution in [0.15, 0.2) is 0 Å². The Balaban J connectivity index is 2.22. The van der Waals surface area contributed by atoms with E-state index in [1.54, 1.807) is 0 Å². The first-order valence-electron chi connectivity index (χ1n) is 5.46. The lowest BCUT2D eigenvalue weighted by Crippen LogP contribution is -2.37. The molecule has 0 amide bonds. The van der Waals surface area contributed by atoms with Crippen molar-refractivity contribution in [3.05, 3.63) is 0 Å². The highest BCUT2D eigenvalue weighted by atomic mass is 79.9. The van der Waals surface area contributed by atoms with Gasteiger partial charge >= 0.3 is 0 Å². The van der Waals surface area contributed by atoms with Crippen LogP contribution in [0.2, 0.25) is 0 Å². The van der Waals surface area contributed by atoms with Crippen molar-refractivity contribution in [3.8, 4) is 0 Å². The fourth-order valence-electron chi connectivity index (χ4n) is 2.11. The van der Waals surface area contributed by atoms with Crippen molar-refractivity contribution in [2.24, 2.45) is 11.8 Å². The molecule has 1 fully saturated rings. The van der Waals surface area contributed by atoms with Gasteiger partial charge in [0, 0.05) is 11.4 Å². The van der Waals surface area contributed by atoms with Crippen LogP contribution in [0.25, 0.3) is 0 Å². The molecule has 78 valence electrons. The summed E-state index contributed by atoms with van der Waals surface area (Å²) in [6.45, 7) is 10.8. The highest BCUT2D eigenvalue weighted by Crippen LogP contribution is 2.25. The van der Waals surface area contributed by atoms with Crippen molar-refractivity contribution in [2.75, 3.05) is 19.6 Å². The number of likely N-dealkylation sites (tertiary alicyclic amines) is 1. The maximum absolute atomic E-state index is 3.69. The Hall–Kier alpha value is 0.440. The molecule has 0 N–H and O–H groups in total. The standard InChI is InChI=1S/C11H22BrN/c1-9(2)8-13-6-4-11(5-7-13)10(3)12/h9-11H,4-8H2,1-3H3. The SMILES string of the molecule is CC(C)CN1CCC(C(C)Br)CC1. The predicted molar refractivity (Wildman–Crippen MR) is 62.4 cm³/mol. The summed E-state index contributed by atoms with van der Waals surface area (Å²) in [5.41, 5.74) is 0. The Labute approximate surface area is 91.0 Å². The maximum Gasteiger partial charge on any atom is 0.0146 e. The molecule has 0 radical (unpaired) electrons. The Kier molecular flexibility index (Phi) is 4.74. The lowest BCUT2D eigenvalue weighted by molar-refractivity contribution is 0.169. The van der Waals surface area contributed by atoms with Crippen LogP contribution < -0.4 is 0 Å². The Bertz CT molecular complexity index is 137. The molecule has 1 saturated heterocycles. The number of hydrogen-bond donors (Lipinski definition) is 0.